The van der Waals surface area contributed by atoms with Gasteiger partial charge in [0, 0.05) is 26.6 Å². The lowest BCUT2D eigenvalue weighted by Gasteiger charge is -2.23. The molecule has 0 bridgehead atoms. The molecule has 8 heteroatoms. The molecule has 0 saturated heterocycles. The summed E-state index contributed by atoms with van der Waals surface area (Å²) < 4.78 is 28.3. The monoisotopic (exact) mass is 408 g/mol. The van der Waals surface area contributed by atoms with E-state index in [2.05, 4.69) is 15.9 Å². The Morgan fingerprint density at radius 1 is 1.26 bits per heavy atom. The first-order valence-electron chi connectivity index (χ1n) is 5.20. The van der Waals surface area contributed by atoms with Crippen LogP contribution in [-0.4, -0.2) is 20.8 Å². The number of rotatable bonds is 5. The summed E-state index contributed by atoms with van der Waals surface area (Å²) in [6.45, 7) is 3.62. The summed E-state index contributed by atoms with van der Waals surface area (Å²) in [5.74, 6) is 0.207. The minimum atomic E-state index is -3.59. The second kappa shape index (κ2) is 6.39. The lowest BCUT2D eigenvalue weighted by molar-refractivity contribution is 0.200. The van der Waals surface area contributed by atoms with Crippen molar-refractivity contribution < 1.29 is 13.2 Å². The third-order valence-corrected chi connectivity index (χ3v) is 5.10. The van der Waals surface area contributed by atoms with Crippen LogP contribution in [0.15, 0.2) is 16.6 Å². The highest BCUT2D eigenvalue weighted by molar-refractivity contribution is 9.10. The molecule has 0 heterocycles. The minimum absolute atomic E-state index is 0.149. The van der Waals surface area contributed by atoms with Gasteiger partial charge < -0.3 is 4.74 Å². The van der Waals surface area contributed by atoms with Crippen LogP contribution in [0.3, 0.4) is 0 Å². The van der Waals surface area contributed by atoms with E-state index in [4.69, 9.17) is 38.6 Å². The van der Waals surface area contributed by atoms with E-state index < -0.39 is 14.5 Å². The summed E-state index contributed by atoms with van der Waals surface area (Å²) in [6, 6.07) is 3.18. The Morgan fingerprint density at radius 2 is 1.84 bits per heavy atom. The summed E-state index contributed by atoms with van der Waals surface area (Å²) in [5, 5.41) is 0.850. The van der Waals surface area contributed by atoms with Crippen molar-refractivity contribution in [2.75, 3.05) is 12.4 Å². The molecule has 108 valence electrons. The molecule has 0 aliphatic carbocycles. The van der Waals surface area contributed by atoms with Crippen molar-refractivity contribution >= 4 is 58.9 Å². The predicted molar refractivity (Wildman–Crippen MR) is 83.1 cm³/mol. The van der Waals surface area contributed by atoms with Gasteiger partial charge in [0.2, 0.25) is 9.05 Å². The summed E-state index contributed by atoms with van der Waals surface area (Å²) in [5.41, 5.74) is -0.635. The zero-order valence-corrected chi connectivity index (χ0v) is 14.9. The highest BCUT2D eigenvalue weighted by Gasteiger charge is 2.26. The van der Waals surface area contributed by atoms with Gasteiger partial charge in [-0.2, -0.15) is 0 Å². The Morgan fingerprint density at radius 3 is 2.37 bits per heavy atom. The van der Waals surface area contributed by atoms with Crippen LogP contribution in [0.2, 0.25) is 10.0 Å². The molecule has 1 aromatic rings. The predicted octanol–water partition coefficient (Wildman–Crippen LogP) is 4.73. The molecule has 0 unspecified atom stereocenters. The Kier molecular flexibility index (Phi) is 5.84. The number of hydrogen-bond acceptors (Lipinski definition) is 3. The highest BCUT2D eigenvalue weighted by atomic mass is 79.9. The topological polar surface area (TPSA) is 43.4 Å². The van der Waals surface area contributed by atoms with Crippen LogP contribution in [0.4, 0.5) is 0 Å². The number of ether oxygens (including phenoxy) is 1. The molecule has 0 atom stereocenters. The molecular weight excluding hydrogens is 398 g/mol. The zero-order valence-electron chi connectivity index (χ0n) is 10.2. The van der Waals surface area contributed by atoms with Crippen molar-refractivity contribution in [2.24, 2.45) is 5.41 Å². The third kappa shape index (κ3) is 6.08. The van der Waals surface area contributed by atoms with Gasteiger partial charge in [-0.15, -0.1) is 0 Å². The van der Waals surface area contributed by atoms with Crippen LogP contribution in [0.1, 0.15) is 13.8 Å². The van der Waals surface area contributed by atoms with Gasteiger partial charge in [-0.3, -0.25) is 0 Å². The van der Waals surface area contributed by atoms with E-state index in [1.807, 2.05) is 0 Å². The lowest BCUT2D eigenvalue weighted by atomic mass is 9.98. The largest absolute Gasteiger partial charge is 0.491 e. The highest BCUT2D eigenvalue weighted by Crippen LogP contribution is 2.35. The fourth-order valence-electron chi connectivity index (χ4n) is 1.40. The molecule has 1 rings (SSSR count). The van der Waals surface area contributed by atoms with E-state index in [-0.39, 0.29) is 12.4 Å². The number of benzene rings is 1. The first kappa shape index (κ1) is 17.4. The van der Waals surface area contributed by atoms with E-state index in [1.165, 1.54) is 0 Å². The standard InChI is InChI=1S/C11H12BrCl3O3S/c1-11(2,6-19(15,16)17)5-18-10-4-8(13)7(12)3-9(10)14/h3-4H,5-6H2,1-2H3. The summed E-state index contributed by atoms with van der Waals surface area (Å²) in [7, 11) is 1.65. The first-order chi connectivity index (χ1) is 8.50. The van der Waals surface area contributed by atoms with Crippen molar-refractivity contribution in [2.45, 2.75) is 13.8 Å². The van der Waals surface area contributed by atoms with E-state index in [1.54, 1.807) is 26.0 Å². The molecule has 0 N–H and O–H groups in total. The zero-order chi connectivity index (χ0) is 14.8. The maximum absolute atomic E-state index is 11.1. The van der Waals surface area contributed by atoms with Crippen LogP contribution >= 0.6 is 49.8 Å². The SMILES string of the molecule is CC(C)(COc1cc(Cl)c(Br)cc1Cl)CS(=O)(=O)Cl. The van der Waals surface area contributed by atoms with Gasteiger partial charge in [-0.05, 0) is 22.0 Å². The van der Waals surface area contributed by atoms with Gasteiger partial charge in [-0.25, -0.2) is 8.42 Å². The molecule has 0 spiro atoms. The van der Waals surface area contributed by atoms with Crippen LogP contribution < -0.4 is 4.74 Å². The second-order valence-corrected chi connectivity index (χ2v) is 9.28. The summed E-state index contributed by atoms with van der Waals surface area (Å²) in [4.78, 5) is 0. The van der Waals surface area contributed by atoms with Crippen molar-refractivity contribution in [3.8, 4) is 5.75 Å². The van der Waals surface area contributed by atoms with Gasteiger partial charge >= 0.3 is 0 Å². The van der Waals surface area contributed by atoms with E-state index in [0.29, 0.717) is 20.3 Å². The summed E-state index contributed by atoms with van der Waals surface area (Å²) in [6.07, 6.45) is 0. The Labute approximate surface area is 135 Å². The number of hydrogen-bond donors (Lipinski definition) is 0. The average molecular weight is 411 g/mol. The van der Waals surface area contributed by atoms with E-state index in [0.717, 1.165) is 0 Å². The van der Waals surface area contributed by atoms with Crippen molar-refractivity contribution in [3.63, 3.8) is 0 Å². The Bertz CT molecular complexity index is 573. The quantitative estimate of drug-likeness (QED) is 0.521. The smallest absolute Gasteiger partial charge is 0.233 e. The molecule has 0 aliphatic rings. The average Bonchev–Trinajstić information content (AvgIpc) is 2.18. The van der Waals surface area contributed by atoms with Crippen molar-refractivity contribution in [3.05, 3.63) is 26.7 Å². The van der Waals surface area contributed by atoms with Gasteiger partial charge in [0.05, 0.1) is 22.4 Å². The minimum Gasteiger partial charge on any atom is -0.491 e. The third-order valence-electron chi connectivity index (χ3n) is 2.16. The fourth-order valence-corrected chi connectivity index (χ4v) is 4.15. The molecular formula is C11H12BrCl3O3S. The van der Waals surface area contributed by atoms with Crippen molar-refractivity contribution in [1.82, 2.24) is 0 Å². The molecule has 3 nitrogen and oxygen atoms in total. The molecule has 0 aliphatic heterocycles. The fraction of sp³-hybridized carbons (Fsp3) is 0.455. The van der Waals surface area contributed by atoms with E-state index in [9.17, 15) is 8.42 Å². The van der Waals surface area contributed by atoms with Crippen LogP contribution in [-0.2, 0) is 9.05 Å². The van der Waals surface area contributed by atoms with Crippen LogP contribution in [0.5, 0.6) is 5.75 Å². The van der Waals surface area contributed by atoms with Gasteiger partial charge in [0.25, 0.3) is 0 Å². The Balaban J connectivity index is 2.79. The second-order valence-electron chi connectivity index (χ2n) is 4.83. The molecule has 1 aromatic carbocycles. The molecule has 0 amide bonds. The Hall–Kier alpha value is 0.320. The number of halogens is 4. The van der Waals surface area contributed by atoms with Crippen LogP contribution in [0.25, 0.3) is 0 Å². The van der Waals surface area contributed by atoms with Crippen molar-refractivity contribution in [1.29, 1.82) is 0 Å². The first-order valence-corrected chi connectivity index (χ1v) is 9.23. The normalized spacial score (nSPS) is 12.5. The maximum atomic E-state index is 11.1. The van der Waals surface area contributed by atoms with Gasteiger partial charge in [0.15, 0.2) is 0 Å². The van der Waals surface area contributed by atoms with Gasteiger partial charge in [0.1, 0.15) is 5.75 Å². The molecule has 19 heavy (non-hydrogen) atoms. The molecule has 0 radical (unpaired) electrons. The van der Waals surface area contributed by atoms with Gasteiger partial charge in [-0.1, -0.05) is 37.0 Å². The van der Waals surface area contributed by atoms with E-state index >= 15 is 0 Å². The summed E-state index contributed by atoms with van der Waals surface area (Å²) >= 11 is 15.2. The molecule has 0 aromatic heterocycles. The van der Waals surface area contributed by atoms with Crippen LogP contribution in [0, 0.1) is 5.41 Å². The maximum Gasteiger partial charge on any atom is 0.233 e. The lowest BCUT2D eigenvalue weighted by Crippen LogP contribution is -2.28. The molecule has 0 fully saturated rings. The molecule has 0 saturated carbocycles.